The fraction of sp³-hybridized carbons (Fsp3) is 0.273. The van der Waals surface area contributed by atoms with E-state index >= 15 is 0 Å². The van der Waals surface area contributed by atoms with Crippen molar-refractivity contribution >= 4 is 43.5 Å². The Balaban J connectivity index is 2.59. The average molecular weight is 348 g/mol. The topological polar surface area (TPSA) is 91.8 Å². The van der Waals surface area contributed by atoms with Crippen LogP contribution in [0.2, 0.25) is 0 Å². The second-order valence-corrected chi connectivity index (χ2v) is 7.75. The van der Waals surface area contributed by atoms with Crippen LogP contribution in [0.1, 0.15) is 24.2 Å². The number of nitrogens with zero attached hydrogens (tertiary/aromatic N) is 1. The maximum Gasteiger partial charge on any atom is 0.335 e. The van der Waals surface area contributed by atoms with E-state index in [2.05, 4.69) is 15.9 Å². The van der Waals surface area contributed by atoms with E-state index < -0.39 is 26.6 Å². The Bertz CT molecular complexity index is 695. The Morgan fingerprint density at radius 3 is 2.42 bits per heavy atom. The zero-order valence-electron chi connectivity index (χ0n) is 10.0. The van der Waals surface area contributed by atoms with Crippen LogP contribution in [0.3, 0.4) is 0 Å². The number of carbonyl (C=O) groups is 2. The number of anilines is 1. The smallest absolute Gasteiger partial charge is 0.335 e. The van der Waals surface area contributed by atoms with E-state index in [0.717, 1.165) is 6.07 Å². The van der Waals surface area contributed by atoms with E-state index in [1.165, 1.54) is 26.0 Å². The zero-order valence-corrected chi connectivity index (χ0v) is 12.4. The first-order chi connectivity index (χ1) is 8.60. The molecule has 6 nitrogen and oxygen atoms in total. The molecule has 0 unspecified atom stereocenters. The molecule has 0 saturated carbocycles. The second-order valence-electron chi connectivity index (χ2n) is 4.56. The summed E-state index contributed by atoms with van der Waals surface area (Å²) in [5, 5.41) is 8.90. The number of aromatic carboxylic acids is 1. The first-order valence-corrected chi connectivity index (χ1v) is 7.46. The molecule has 1 heterocycles. The number of amides is 1. The minimum atomic E-state index is -3.81. The van der Waals surface area contributed by atoms with Crippen LogP contribution in [-0.4, -0.2) is 30.1 Å². The van der Waals surface area contributed by atoms with E-state index in [-0.39, 0.29) is 11.3 Å². The van der Waals surface area contributed by atoms with Gasteiger partial charge in [0, 0.05) is 4.47 Å². The van der Waals surface area contributed by atoms with Crippen LogP contribution < -0.4 is 4.31 Å². The third-order valence-corrected chi connectivity index (χ3v) is 5.97. The summed E-state index contributed by atoms with van der Waals surface area (Å²) in [7, 11) is -3.81. The largest absolute Gasteiger partial charge is 0.478 e. The van der Waals surface area contributed by atoms with E-state index in [0.29, 0.717) is 8.78 Å². The fourth-order valence-electron chi connectivity index (χ4n) is 1.69. The van der Waals surface area contributed by atoms with Gasteiger partial charge in [-0.2, -0.15) is 0 Å². The van der Waals surface area contributed by atoms with E-state index in [1.54, 1.807) is 0 Å². The summed E-state index contributed by atoms with van der Waals surface area (Å²) < 4.78 is 23.6. The fourth-order valence-corrected chi connectivity index (χ4v) is 3.73. The number of carbonyl (C=O) groups excluding carboxylic acids is 1. The number of halogens is 1. The number of rotatable bonds is 2. The lowest BCUT2D eigenvalue weighted by atomic mass is 10.1. The third-order valence-electron chi connectivity index (χ3n) is 3.00. The van der Waals surface area contributed by atoms with Gasteiger partial charge in [-0.1, -0.05) is 0 Å². The summed E-state index contributed by atoms with van der Waals surface area (Å²) in [6, 6.07) is 3.86. The molecule has 0 aromatic heterocycles. The predicted octanol–water partition coefficient (Wildman–Crippen LogP) is 1.60. The summed E-state index contributed by atoms with van der Waals surface area (Å²) in [6.45, 7) is 2.63. The summed E-state index contributed by atoms with van der Waals surface area (Å²) in [5.74, 6) is -1.78. The summed E-state index contributed by atoms with van der Waals surface area (Å²) in [6.07, 6.45) is 0. The van der Waals surface area contributed by atoms with Crippen LogP contribution in [-0.2, 0) is 14.8 Å². The lowest BCUT2D eigenvalue weighted by Gasteiger charge is -2.43. The molecule has 8 heteroatoms. The molecule has 1 fully saturated rings. The Kier molecular flexibility index (Phi) is 2.98. The Morgan fingerprint density at radius 1 is 1.37 bits per heavy atom. The molecule has 2 rings (SSSR count). The van der Waals surface area contributed by atoms with Gasteiger partial charge in [0.25, 0.3) is 15.9 Å². The van der Waals surface area contributed by atoms with E-state index in [9.17, 15) is 18.0 Å². The normalized spacial score (nSPS) is 19.9. The Labute approximate surface area is 118 Å². The number of carboxylic acids is 1. The maximum atomic E-state index is 12.1. The zero-order chi connectivity index (χ0) is 14.6. The molecule has 1 N–H and O–H groups in total. The number of carboxylic acid groups (broad SMARTS) is 1. The van der Waals surface area contributed by atoms with Gasteiger partial charge < -0.3 is 5.11 Å². The van der Waals surface area contributed by atoms with Crippen LogP contribution in [0.25, 0.3) is 0 Å². The minimum absolute atomic E-state index is 0.0178. The number of hydrogen-bond donors (Lipinski definition) is 1. The molecule has 1 aliphatic heterocycles. The standard InChI is InChI=1S/C11H10BrNO5S/c1-11(2)10(16)13(19(11,17)18)8-5-6(9(14)15)3-4-7(8)12/h3-5H,1-2H3,(H,14,15). The third kappa shape index (κ3) is 1.78. The van der Waals surface area contributed by atoms with Gasteiger partial charge in [0.15, 0.2) is 4.75 Å². The molecule has 1 amide bonds. The number of benzene rings is 1. The van der Waals surface area contributed by atoms with E-state index in [1.807, 2.05) is 0 Å². The van der Waals surface area contributed by atoms with Gasteiger partial charge in [0.05, 0.1) is 11.3 Å². The maximum absolute atomic E-state index is 12.1. The van der Waals surface area contributed by atoms with Crippen molar-refractivity contribution in [3.63, 3.8) is 0 Å². The number of sulfonamides is 1. The van der Waals surface area contributed by atoms with Gasteiger partial charge >= 0.3 is 5.97 Å². The molecule has 19 heavy (non-hydrogen) atoms. The summed E-state index contributed by atoms with van der Waals surface area (Å²) in [5.41, 5.74) is -0.0740. The van der Waals surface area contributed by atoms with Crippen LogP contribution in [0.4, 0.5) is 5.69 Å². The predicted molar refractivity (Wildman–Crippen MR) is 71.6 cm³/mol. The van der Waals surface area contributed by atoms with Crippen molar-refractivity contribution in [2.24, 2.45) is 0 Å². The highest BCUT2D eigenvalue weighted by atomic mass is 79.9. The van der Waals surface area contributed by atoms with Crippen LogP contribution in [0, 0.1) is 0 Å². The van der Waals surface area contributed by atoms with Crippen molar-refractivity contribution in [2.45, 2.75) is 18.6 Å². The molecule has 1 saturated heterocycles. The van der Waals surface area contributed by atoms with Gasteiger partial charge in [-0.05, 0) is 48.0 Å². The lowest BCUT2D eigenvalue weighted by molar-refractivity contribution is -0.120. The van der Waals surface area contributed by atoms with Crippen LogP contribution in [0.15, 0.2) is 22.7 Å². The molecule has 0 spiro atoms. The van der Waals surface area contributed by atoms with Gasteiger partial charge in [-0.3, -0.25) is 4.79 Å². The average Bonchev–Trinajstić information content (AvgIpc) is 2.30. The quantitative estimate of drug-likeness (QED) is 0.877. The lowest BCUT2D eigenvalue weighted by Crippen LogP contribution is -2.67. The van der Waals surface area contributed by atoms with Crippen molar-refractivity contribution in [3.8, 4) is 0 Å². The number of hydrogen-bond acceptors (Lipinski definition) is 4. The Hall–Kier alpha value is -1.41. The summed E-state index contributed by atoms with van der Waals surface area (Å²) >= 11 is 3.12. The molecule has 0 radical (unpaired) electrons. The van der Waals surface area contributed by atoms with Crippen molar-refractivity contribution in [1.82, 2.24) is 0 Å². The van der Waals surface area contributed by atoms with Crippen molar-refractivity contribution < 1.29 is 23.1 Å². The van der Waals surface area contributed by atoms with Crippen molar-refractivity contribution in [1.29, 1.82) is 0 Å². The van der Waals surface area contributed by atoms with Gasteiger partial charge in [-0.25, -0.2) is 17.5 Å². The minimum Gasteiger partial charge on any atom is -0.478 e. The van der Waals surface area contributed by atoms with Crippen molar-refractivity contribution in [3.05, 3.63) is 28.2 Å². The molecular weight excluding hydrogens is 338 g/mol. The highest BCUT2D eigenvalue weighted by Gasteiger charge is 2.61. The molecule has 1 aliphatic rings. The first kappa shape index (κ1) is 14.0. The highest BCUT2D eigenvalue weighted by molar-refractivity contribution is 9.10. The monoisotopic (exact) mass is 347 g/mol. The summed E-state index contributed by atoms with van der Waals surface area (Å²) in [4.78, 5) is 22.8. The Morgan fingerprint density at radius 2 is 1.95 bits per heavy atom. The van der Waals surface area contributed by atoms with Crippen molar-refractivity contribution in [2.75, 3.05) is 4.31 Å². The molecule has 0 atom stereocenters. The van der Waals surface area contributed by atoms with Crippen LogP contribution in [0.5, 0.6) is 0 Å². The van der Waals surface area contributed by atoms with Gasteiger partial charge in [0.2, 0.25) is 0 Å². The van der Waals surface area contributed by atoms with Crippen LogP contribution >= 0.6 is 15.9 Å². The molecular formula is C11H10BrNO5S. The SMILES string of the molecule is CC1(C)C(=O)N(c2cc(C(=O)O)ccc2Br)S1(=O)=O. The molecule has 1 aromatic carbocycles. The molecule has 0 bridgehead atoms. The molecule has 1 aromatic rings. The van der Waals surface area contributed by atoms with E-state index in [4.69, 9.17) is 5.11 Å². The second kappa shape index (κ2) is 4.04. The highest BCUT2D eigenvalue weighted by Crippen LogP contribution is 2.42. The van der Waals surface area contributed by atoms with Gasteiger partial charge in [-0.15, -0.1) is 0 Å². The van der Waals surface area contributed by atoms with Gasteiger partial charge in [0.1, 0.15) is 0 Å². The first-order valence-electron chi connectivity index (χ1n) is 5.23. The molecule has 102 valence electrons. The molecule has 0 aliphatic carbocycles.